The molecule has 0 bridgehead atoms. The monoisotopic (exact) mass is 189 g/mol. The van der Waals surface area contributed by atoms with Crippen LogP contribution in [0.25, 0.3) is 0 Å². The predicted molar refractivity (Wildman–Crippen MR) is 50.8 cm³/mol. The summed E-state index contributed by atoms with van der Waals surface area (Å²) in [7, 11) is 0. The molecule has 0 saturated heterocycles. The molecule has 4 nitrogen and oxygen atoms in total. The average molecular weight is 189 g/mol. The number of nitrogens with zero attached hydrogens (tertiary/aromatic N) is 1. The van der Waals surface area contributed by atoms with Gasteiger partial charge >= 0.3 is 0 Å². The highest BCUT2D eigenvalue weighted by Gasteiger charge is 2.06. The molecular weight excluding hydrogens is 182 g/mol. The minimum Gasteiger partial charge on any atom is -0.289 e. The van der Waals surface area contributed by atoms with E-state index in [0.717, 1.165) is 5.56 Å². The van der Waals surface area contributed by atoms with Crippen LogP contribution in [0.15, 0.2) is 18.2 Å². The van der Waals surface area contributed by atoms with Crippen LogP contribution in [-0.2, 0) is 4.79 Å². The van der Waals surface area contributed by atoms with E-state index in [-0.39, 0.29) is 5.69 Å². The molecule has 0 aliphatic carbocycles. The molecular formula is C10H7NO3. The molecule has 0 aliphatic rings. The van der Waals surface area contributed by atoms with Gasteiger partial charge in [-0.1, -0.05) is 12.0 Å². The van der Waals surface area contributed by atoms with E-state index >= 15 is 0 Å². The van der Waals surface area contributed by atoms with E-state index in [4.69, 9.17) is 0 Å². The molecule has 0 aliphatic heterocycles. The molecule has 0 atom stereocenters. The van der Waals surface area contributed by atoms with Crippen LogP contribution in [0, 0.1) is 28.9 Å². The quantitative estimate of drug-likeness (QED) is 0.291. The lowest BCUT2D eigenvalue weighted by Crippen LogP contribution is -1.90. The summed E-state index contributed by atoms with van der Waals surface area (Å²) in [5.41, 5.74) is 1.29. The van der Waals surface area contributed by atoms with E-state index in [1.165, 1.54) is 12.1 Å². The van der Waals surface area contributed by atoms with Gasteiger partial charge in [0.25, 0.3) is 5.69 Å². The Labute approximate surface area is 80.7 Å². The number of nitro benzene ring substituents is 1. The Morgan fingerprint density at radius 1 is 1.50 bits per heavy atom. The van der Waals surface area contributed by atoms with Gasteiger partial charge in [0, 0.05) is 17.7 Å². The van der Waals surface area contributed by atoms with E-state index in [1.54, 1.807) is 13.0 Å². The molecule has 14 heavy (non-hydrogen) atoms. The zero-order valence-corrected chi connectivity index (χ0v) is 7.48. The highest BCUT2D eigenvalue weighted by molar-refractivity contribution is 5.74. The van der Waals surface area contributed by atoms with Gasteiger partial charge in [0.1, 0.15) is 0 Å². The molecule has 1 aromatic rings. The highest BCUT2D eigenvalue weighted by atomic mass is 16.6. The zero-order valence-electron chi connectivity index (χ0n) is 7.48. The van der Waals surface area contributed by atoms with Crippen molar-refractivity contribution in [3.05, 3.63) is 39.4 Å². The molecule has 0 heterocycles. The Bertz CT molecular complexity index is 440. The number of aryl methyl sites for hydroxylation is 1. The zero-order chi connectivity index (χ0) is 10.6. The number of hydrogen-bond donors (Lipinski definition) is 0. The highest BCUT2D eigenvalue weighted by Crippen LogP contribution is 2.15. The first-order valence-corrected chi connectivity index (χ1v) is 3.85. The molecule has 0 spiro atoms. The number of nitro groups is 1. The van der Waals surface area contributed by atoms with Crippen molar-refractivity contribution in [2.75, 3.05) is 0 Å². The van der Waals surface area contributed by atoms with Crippen molar-refractivity contribution in [1.29, 1.82) is 0 Å². The average Bonchev–Trinajstić information content (AvgIpc) is 2.16. The van der Waals surface area contributed by atoms with E-state index < -0.39 is 4.92 Å². The number of non-ortho nitro benzene ring substituents is 1. The third kappa shape index (κ3) is 2.17. The normalized spacial score (nSPS) is 8.64. The fourth-order valence-electron chi connectivity index (χ4n) is 0.965. The minimum absolute atomic E-state index is 0.0224. The van der Waals surface area contributed by atoms with Crippen LogP contribution >= 0.6 is 0 Å². The first-order valence-electron chi connectivity index (χ1n) is 3.85. The van der Waals surface area contributed by atoms with Gasteiger partial charge < -0.3 is 0 Å². The predicted octanol–water partition coefficient (Wildman–Crippen LogP) is 1.45. The summed E-state index contributed by atoms with van der Waals surface area (Å²) in [6, 6.07) is 4.36. The van der Waals surface area contributed by atoms with E-state index in [1.807, 2.05) is 0 Å². The number of benzene rings is 1. The van der Waals surface area contributed by atoms with Crippen molar-refractivity contribution in [3.8, 4) is 11.8 Å². The third-order valence-corrected chi connectivity index (χ3v) is 1.70. The first kappa shape index (κ1) is 9.93. The summed E-state index contributed by atoms with van der Waals surface area (Å²) in [6.45, 7) is 1.78. The van der Waals surface area contributed by atoms with Gasteiger partial charge in [0.05, 0.1) is 4.92 Å². The second kappa shape index (κ2) is 4.19. The topological polar surface area (TPSA) is 60.2 Å². The second-order valence-electron chi connectivity index (χ2n) is 2.64. The molecule has 4 heteroatoms. The fourth-order valence-corrected chi connectivity index (χ4v) is 0.965. The minimum atomic E-state index is -0.495. The van der Waals surface area contributed by atoms with Crippen LogP contribution in [0.4, 0.5) is 5.69 Å². The summed E-state index contributed by atoms with van der Waals surface area (Å²) in [4.78, 5) is 19.9. The second-order valence-corrected chi connectivity index (χ2v) is 2.64. The van der Waals surface area contributed by atoms with Gasteiger partial charge in [-0.15, -0.1) is 0 Å². The van der Waals surface area contributed by atoms with Gasteiger partial charge in [-0.25, -0.2) is 0 Å². The number of hydrogen-bond acceptors (Lipinski definition) is 3. The van der Waals surface area contributed by atoms with Gasteiger partial charge in [-0.3, -0.25) is 14.9 Å². The van der Waals surface area contributed by atoms with Crippen molar-refractivity contribution < 1.29 is 9.72 Å². The molecule has 0 amide bonds. The van der Waals surface area contributed by atoms with Gasteiger partial charge in [-0.2, -0.15) is 0 Å². The Morgan fingerprint density at radius 2 is 2.21 bits per heavy atom. The summed E-state index contributed by atoms with van der Waals surface area (Å²) < 4.78 is 0. The van der Waals surface area contributed by atoms with Crippen LogP contribution in [0.1, 0.15) is 11.1 Å². The van der Waals surface area contributed by atoms with Crippen molar-refractivity contribution in [1.82, 2.24) is 0 Å². The van der Waals surface area contributed by atoms with Gasteiger partial charge in [-0.05, 0) is 18.4 Å². The maximum atomic E-state index is 10.4. The lowest BCUT2D eigenvalue weighted by Gasteiger charge is -1.96. The maximum Gasteiger partial charge on any atom is 0.270 e. The van der Waals surface area contributed by atoms with Crippen LogP contribution < -0.4 is 0 Å². The summed E-state index contributed by atoms with van der Waals surface area (Å²) in [5, 5.41) is 10.4. The molecule has 0 fully saturated rings. The summed E-state index contributed by atoms with van der Waals surface area (Å²) in [6.07, 6.45) is 0.457. The van der Waals surface area contributed by atoms with E-state index in [9.17, 15) is 14.9 Å². The van der Waals surface area contributed by atoms with Crippen molar-refractivity contribution >= 4 is 12.0 Å². The summed E-state index contributed by atoms with van der Waals surface area (Å²) in [5.74, 6) is 4.75. The lowest BCUT2D eigenvalue weighted by molar-refractivity contribution is -0.384. The number of carbonyl (C=O) groups excluding carboxylic acids is 1. The summed E-state index contributed by atoms with van der Waals surface area (Å²) >= 11 is 0. The Balaban J connectivity index is 3.21. The Morgan fingerprint density at radius 3 is 2.79 bits per heavy atom. The largest absolute Gasteiger partial charge is 0.289 e. The number of aldehydes is 1. The Kier molecular flexibility index (Phi) is 2.97. The molecule has 0 saturated carbocycles. The lowest BCUT2D eigenvalue weighted by atomic mass is 10.1. The van der Waals surface area contributed by atoms with E-state index in [2.05, 4.69) is 11.8 Å². The fraction of sp³-hybridized carbons (Fsp3) is 0.100. The number of carbonyl (C=O) groups is 1. The molecule has 0 unspecified atom stereocenters. The molecule has 1 rings (SSSR count). The molecule has 70 valence electrons. The molecule has 0 N–H and O–H groups in total. The molecule has 1 aromatic carbocycles. The van der Waals surface area contributed by atoms with Crippen LogP contribution in [-0.4, -0.2) is 11.2 Å². The SMILES string of the molecule is Cc1ccc([N+](=O)[O-])cc1C#CC=O. The number of rotatable bonds is 1. The van der Waals surface area contributed by atoms with Crippen molar-refractivity contribution in [2.45, 2.75) is 6.92 Å². The molecule has 0 radical (unpaired) electrons. The molecule has 0 aromatic heterocycles. The van der Waals surface area contributed by atoms with Gasteiger partial charge in [0.15, 0.2) is 6.29 Å². The van der Waals surface area contributed by atoms with E-state index in [0.29, 0.717) is 11.8 Å². The van der Waals surface area contributed by atoms with Crippen LogP contribution in [0.2, 0.25) is 0 Å². The van der Waals surface area contributed by atoms with Crippen LogP contribution in [0.5, 0.6) is 0 Å². The van der Waals surface area contributed by atoms with Gasteiger partial charge in [0.2, 0.25) is 0 Å². The van der Waals surface area contributed by atoms with Crippen LogP contribution in [0.3, 0.4) is 0 Å². The third-order valence-electron chi connectivity index (χ3n) is 1.70. The Hall–Kier alpha value is -2.15. The van der Waals surface area contributed by atoms with Crippen molar-refractivity contribution in [2.24, 2.45) is 0 Å². The first-order chi connectivity index (χ1) is 6.65. The van der Waals surface area contributed by atoms with Crippen molar-refractivity contribution in [3.63, 3.8) is 0 Å². The maximum absolute atomic E-state index is 10.4. The standard InChI is InChI=1S/C10H7NO3/c1-8-4-5-10(11(13)14)7-9(8)3-2-6-12/h4-7H,1H3. The smallest absolute Gasteiger partial charge is 0.270 e.